The zero-order valence-electron chi connectivity index (χ0n) is 8.41. The number of para-hydroxylation sites is 1. The Morgan fingerprint density at radius 2 is 2.00 bits per heavy atom. The monoisotopic (exact) mass is 211 g/mol. The van der Waals surface area contributed by atoms with Crippen LogP contribution in [0.2, 0.25) is 0 Å². The van der Waals surface area contributed by atoms with Crippen LogP contribution in [0.15, 0.2) is 48.1 Å². The van der Waals surface area contributed by atoms with E-state index in [0.29, 0.717) is 0 Å². The summed E-state index contributed by atoms with van der Waals surface area (Å²) in [6.07, 6.45) is 4.82. The molecule has 0 amide bonds. The Morgan fingerprint density at radius 1 is 1.19 bits per heavy atom. The van der Waals surface area contributed by atoms with Crippen molar-refractivity contribution in [3.63, 3.8) is 0 Å². The topological polar surface area (TPSA) is 58.9 Å². The van der Waals surface area contributed by atoms with E-state index in [4.69, 9.17) is 0 Å². The predicted octanol–water partition coefficient (Wildman–Crippen LogP) is 1.64. The van der Waals surface area contributed by atoms with Crippen LogP contribution in [0.4, 0.5) is 0 Å². The average Bonchev–Trinajstić information content (AvgIpc) is 2.95. The van der Waals surface area contributed by atoms with Gasteiger partial charge in [0.25, 0.3) is 0 Å². The lowest BCUT2D eigenvalue weighted by molar-refractivity contribution is 0.877. The lowest BCUT2D eigenvalue weighted by atomic mass is 10.2. The van der Waals surface area contributed by atoms with Gasteiger partial charge in [0.1, 0.15) is 12.7 Å². The van der Waals surface area contributed by atoms with Crippen LogP contribution >= 0.6 is 0 Å². The smallest absolute Gasteiger partial charge is 0.141 e. The van der Waals surface area contributed by atoms with Crippen molar-refractivity contribution < 1.29 is 0 Å². The van der Waals surface area contributed by atoms with Crippen LogP contribution in [-0.2, 0) is 0 Å². The number of aromatic amines is 1. The molecule has 0 spiro atoms. The Bertz CT molecular complexity index is 588. The molecule has 0 bridgehead atoms. The molecule has 3 rings (SSSR count). The normalized spacial score (nSPS) is 11.5. The molecule has 5 nitrogen and oxygen atoms in total. The first-order valence-corrected chi connectivity index (χ1v) is 4.88. The van der Waals surface area contributed by atoms with E-state index in [0.717, 1.165) is 11.2 Å². The van der Waals surface area contributed by atoms with Gasteiger partial charge in [-0.25, -0.2) is 4.68 Å². The van der Waals surface area contributed by atoms with Gasteiger partial charge in [0.15, 0.2) is 0 Å². The first-order valence-electron chi connectivity index (χ1n) is 4.88. The number of aromatic nitrogens is 4. The number of benzene rings is 1. The lowest BCUT2D eigenvalue weighted by Crippen LogP contribution is -1.86. The Labute approximate surface area is 91.4 Å². The van der Waals surface area contributed by atoms with Crippen molar-refractivity contribution in [3.05, 3.63) is 48.7 Å². The Hall–Kier alpha value is -2.43. The predicted molar refractivity (Wildman–Crippen MR) is 61.3 cm³/mol. The Morgan fingerprint density at radius 3 is 2.81 bits per heavy atom. The Kier molecular flexibility index (Phi) is 2.00. The molecule has 0 radical (unpaired) electrons. The fraction of sp³-hybridized carbons (Fsp3) is 0. The van der Waals surface area contributed by atoms with Gasteiger partial charge >= 0.3 is 0 Å². The van der Waals surface area contributed by atoms with E-state index in [9.17, 15) is 0 Å². The first-order chi connectivity index (χ1) is 7.92. The van der Waals surface area contributed by atoms with Gasteiger partial charge in [-0.1, -0.05) is 18.2 Å². The van der Waals surface area contributed by atoms with Gasteiger partial charge in [-0.2, -0.15) is 5.10 Å². The summed E-state index contributed by atoms with van der Waals surface area (Å²) in [5.74, 6) is 0. The molecule has 0 fully saturated rings. The van der Waals surface area contributed by atoms with Gasteiger partial charge < -0.3 is 4.98 Å². The summed E-state index contributed by atoms with van der Waals surface area (Å²) in [5.41, 5.74) is 2.06. The molecular weight excluding hydrogens is 202 g/mol. The highest BCUT2D eigenvalue weighted by atomic mass is 15.4. The molecule has 78 valence electrons. The highest BCUT2D eigenvalue weighted by Crippen LogP contribution is 2.13. The SMILES string of the molecule is C(=N\n1cnnc1)/c1cc2ccccc2[nH]1. The van der Waals surface area contributed by atoms with E-state index in [-0.39, 0.29) is 0 Å². The molecule has 0 aliphatic heterocycles. The molecule has 2 heterocycles. The summed E-state index contributed by atoms with van der Waals surface area (Å²) < 4.78 is 1.55. The lowest BCUT2D eigenvalue weighted by Gasteiger charge is -1.87. The molecule has 3 aromatic rings. The summed E-state index contributed by atoms with van der Waals surface area (Å²) >= 11 is 0. The standard InChI is InChI=1S/C11H9N5/c1-2-4-11-9(3-1)5-10(15-11)6-14-16-7-12-13-8-16/h1-8,15H/b14-6+. The van der Waals surface area contributed by atoms with Gasteiger partial charge in [0, 0.05) is 10.9 Å². The molecule has 5 heteroatoms. The summed E-state index contributed by atoms with van der Waals surface area (Å²) in [7, 11) is 0. The summed E-state index contributed by atoms with van der Waals surface area (Å²) in [5, 5.41) is 12.7. The van der Waals surface area contributed by atoms with Crippen LogP contribution in [0, 0.1) is 0 Å². The van der Waals surface area contributed by atoms with Crippen molar-refractivity contribution in [2.24, 2.45) is 5.10 Å². The highest BCUT2D eigenvalue weighted by molar-refractivity contribution is 5.89. The summed E-state index contributed by atoms with van der Waals surface area (Å²) in [4.78, 5) is 3.25. The quantitative estimate of drug-likeness (QED) is 0.655. The molecule has 0 saturated heterocycles. The maximum atomic E-state index is 4.17. The van der Waals surface area contributed by atoms with E-state index in [2.05, 4.69) is 26.3 Å². The number of hydrogen-bond acceptors (Lipinski definition) is 3. The van der Waals surface area contributed by atoms with Crippen LogP contribution in [0.3, 0.4) is 0 Å². The van der Waals surface area contributed by atoms with Crippen molar-refractivity contribution in [3.8, 4) is 0 Å². The molecule has 1 aromatic carbocycles. The van der Waals surface area contributed by atoms with E-state index in [1.165, 1.54) is 5.39 Å². The molecule has 16 heavy (non-hydrogen) atoms. The van der Waals surface area contributed by atoms with E-state index in [1.807, 2.05) is 24.3 Å². The maximum absolute atomic E-state index is 4.17. The molecule has 0 aliphatic carbocycles. The molecule has 0 atom stereocenters. The molecule has 0 unspecified atom stereocenters. The van der Waals surface area contributed by atoms with Crippen molar-refractivity contribution in [1.82, 2.24) is 19.9 Å². The number of nitrogens with zero attached hydrogens (tertiary/aromatic N) is 4. The number of H-pyrrole nitrogens is 1. The summed E-state index contributed by atoms with van der Waals surface area (Å²) in [6, 6.07) is 10.1. The van der Waals surface area contributed by atoms with Crippen LogP contribution in [-0.4, -0.2) is 26.1 Å². The molecule has 0 saturated carbocycles. The second-order valence-corrected chi connectivity index (χ2v) is 3.40. The van der Waals surface area contributed by atoms with Gasteiger partial charge in [-0.3, -0.25) is 0 Å². The van der Waals surface area contributed by atoms with Gasteiger partial charge in [-0.15, -0.1) is 10.2 Å². The average molecular weight is 211 g/mol. The number of nitrogens with one attached hydrogen (secondary N) is 1. The molecular formula is C11H9N5. The van der Waals surface area contributed by atoms with E-state index in [1.54, 1.807) is 23.5 Å². The number of hydrogen-bond donors (Lipinski definition) is 1. The molecule has 2 aromatic heterocycles. The van der Waals surface area contributed by atoms with Crippen LogP contribution < -0.4 is 0 Å². The second kappa shape index (κ2) is 3.62. The zero-order valence-corrected chi connectivity index (χ0v) is 8.41. The molecule has 1 N–H and O–H groups in total. The summed E-state index contributed by atoms with van der Waals surface area (Å²) in [6.45, 7) is 0. The second-order valence-electron chi connectivity index (χ2n) is 3.40. The Balaban J connectivity index is 1.95. The van der Waals surface area contributed by atoms with Crippen LogP contribution in [0.25, 0.3) is 10.9 Å². The van der Waals surface area contributed by atoms with E-state index >= 15 is 0 Å². The first kappa shape index (κ1) is 8.84. The fourth-order valence-corrected chi connectivity index (χ4v) is 1.55. The zero-order chi connectivity index (χ0) is 10.8. The third-order valence-electron chi connectivity index (χ3n) is 2.29. The minimum Gasteiger partial charge on any atom is -0.354 e. The van der Waals surface area contributed by atoms with Gasteiger partial charge in [0.05, 0.1) is 11.9 Å². The minimum absolute atomic E-state index is 0.954. The van der Waals surface area contributed by atoms with E-state index < -0.39 is 0 Å². The van der Waals surface area contributed by atoms with Gasteiger partial charge in [-0.05, 0) is 12.1 Å². The van der Waals surface area contributed by atoms with Crippen LogP contribution in [0.1, 0.15) is 5.69 Å². The van der Waals surface area contributed by atoms with Crippen molar-refractivity contribution in [2.45, 2.75) is 0 Å². The number of fused-ring (bicyclic) bond motifs is 1. The highest BCUT2D eigenvalue weighted by Gasteiger charge is 1.96. The van der Waals surface area contributed by atoms with Crippen LogP contribution in [0.5, 0.6) is 0 Å². The minimum atomic E-state index is 0.954. The maximum Gasteiger partial charge on any atom is 0.141 e. The molecule has 0 aliphatic rings. The van der Waals surface area contributed by atoms with Crippen molar-refractivity contribution in [2.75, 3.05) is 0 Å². The number of rotatable bonds is 2. The largest absolute Gasteiger partial charge is 0.354 e. The van der Waals surface area contributed by atoms with Crippen molar-refractivity contribution >= 4 is 17.1 Å². The van der Waals surface area contributed by atoms with Crippen molar-refractivity contribution in [1.29, 1.82) is 0 Å². The third kappa shape index (κ3) is 1.58. The van der Waals surface area contributed by atoms with Gasteiger partial charge in [0.2, 0.25) is 0 Å². The fourth-order valence-electron chi connectivity index (χ4n) is 1.55. The third-order valence-corrected chi connectivity index (χ3v) is 2.29.